The minimum absolute atomic E-state index is 0.0963. The van der Waals surface area contributed by atoms with Crippen molar-refractivity contribution in [2.24, 2.45) is 10.9 Å². The van der Waals surface area contributed by atoms with Crippen molar-refractivity contribution < 1.29 is 14.9 Å². The summed E-state index contributed by atoms with van der Waals surface area (Å²) in [5, 5.41) is 22.5. The highest BCUT2D eigenvalue weighted by Crippen LogP contribution is 2.30. The summed E-state index contributed by atoms with van der Waals surface area (Å²) < 4.78 is 6.05. The molecule has 0 aliphatic heterocycles. The number of amidine groups is 1. The highest BCUT2D eigenvalue weighted by Gasteiger charge is 2.17. The van der Waals surface area contributed by atoms with Crippen molar-refractivity contribution in [3.63, 3.8) is 0 Å². The molecule has 1 aromatic heterocycles. The molecule has 0 saturated heterocycles. The quantitative estimate of drug-likeness (QED) is 0.288. The van der Waals surface area contributed by atoms with Crippen molar-refractivity contribution >= 4 is 34.5 Å². The predicted molar refractivity (Wildman–Crippen MR) is 79.3 cm³/mol. The van der Waals surface area contributed by atoms with E-state index < -0.39 is 4.92 Å². The van der Waals surface area contributed by atoms with Crippen LogP contribution in [0.2, 0.25) is 4.34 Å². The van der Waals surface area contributed by atoms with Gasteiger partial charge in [0, 0.05) is 16.5 Å². The number of hydrogen-bond acceptors (Lipinski definition) is 6. The molecule has 0 saturated carbocycles. The fourth-order valence-electron chi connectivity index (χ4n) is 1.58. The number of halogens is 1. The number of oxime groups is 1. The third-order valence-electron chi connectivity index (χ3n) is 2.56. The van der Waals surface area contributed by atoms with E-state index in [0.717, 1.165) is 4.88 Å². The molecule has 7 nitrogen and oxygen atoms in total. The monoisotopic (exact) mass is 327 g/mol. The van der Waals surface area contributed by atoms with E-state index in [2.05, 4.69) is 5.16 Å². The molecule has 2 rings (SSSR count). The van der Waals surface area contributed by atoms with Crippen molar-refractivity contribution in [2.75, 3.05) is 0 Å². The predicted octanol–water partition coefficient (Wildman–Crippen LogP) is 2.98. The van der Waals surface area contributed by atoms with Gasteiger partial charge in [-0.25, -0.2) is 0 Å². The Kier molecular flexibility index (Phi) is 4.61. The first-order chi connectivity index (χ1) is 10.0. The fraction of sp³-hybridized carbons (Fsp3) is 0.0833. The fourth-order valence-corrected chi connectivity index (χ4v) is 2.58. The third-order valence-corrected chi connectivity index (χ3v) is 3.76. The van der Waals surface area contributed by atoms with E-state index in [9.17, 15) is 10.1 Å². The van der Waals surface area contributed by atoms with Gasteiger partial charge in [-0.15, -0.1) is 11.3 Å². The van der Waals surface area contributed by atoms with Crippen LogP contribution in [-0.4, -0.2) is 16.0 Å². The molecular formula is C12H10ClN3O4S. The maximum absolute atomic E-state index is 11.1. The molecule has 3 N–H and O–H groups in total. The summed E-state index contributed by atoms with van der Waals surface area (Å²) >= 11 is 7.13. The van der Waals surface area contributed by atoms with Gasteiger partial charge in [0.2, 0.25) is 0 Å². The molecular weight excluding hydrogens is 318 g/mol. The van der Waals surface area contributed by atoms with Crippen LogP contribution in [0, 0.1) is 10.1 Å². The Morgan fingerprint density at radius 3 is 2.81 bits per heavy atom. The number of benzene rings is 1. The van der Waals surface area contributed by atoms with E-state index in [-0.39, 0.29) is 29.4 Å². The summed E-state index contributed by atoms with van der Waals surface area (Å²) in [5.41, 5.74) is 5.37. The van der Waals surface area contributed by atoms with E-state index in [1.165, 1.54) is 29.5 Å². The van der Waals surface area contributed by atoms with Crippen molar-refractivity contribution in [1.29, 1.82) is 0 Å². The molecule has 0 fully saturated rings. The van der Waals surface area contributed by atoms with Crippen molar-refractivity contribution in [3.8, 4) is 5.75 Å². The van der Waals surface area contributed by atoms with Gasteiger partial charge in [0.05, 0.1) is 9.26 Å². The molecule has 0 aliphatic rings. The van der Waals surface area contributed by atoms with Gasteiger partial charge in [0.15, 0.2) is 11.6 Å². The highest BCUT2D eigenvalue weighted by molar-refractivity contribution is 7.16. The second kappa shape index (κ2) is 6.42. The number of nitro benzene ring substituents is 1. The number of nitro groups is 1. The molecule has 0 radical (unpaired) electrons. The van der Waals surface area contributed by atoms with Gasteiger partial charge in [-0.2, -0.15) is 0 Å². The number of ether oxygens (including phenoxy) is 1. The Morgan fingerprint density at radius 2 is 2.24 bits per heavy atom. The first-order valence-electron chi connectivity index (χ1n) is 5.64. The topological polar surface area (TPSA) is 111 Å². The molecule has 21 heavy (non-hydrogen) atoms. The Balaban J connectivity index is 2.24. The average Bonchev–Trinajstić information content (AvgIpc) is 2.89. The maximum atomic E-state index is 11.1. The van der Waals surface area contributed by atoms with Crippen LogP contribution in [0.3, 0.4) is 0 Å². The number of nitrogens with zero attached hydrogens (tertiary/aromatic N) is 2. The summed E-state index contributed by atoms with van der Waals surface area (Å²) in [6.45, 7) is 0.168. The van der Waals surface area contributed by atoms with Gasteiger partial charge in [0.25, 0.3) is 0 Å². The van der Waals surface area contributed by atoms with Crippen LogP contribution in [0.4, 0.5) is 5.69 Å². The Bertz CT molecular complexity index is 702. The first-order valence-corrected chi connectivity index (χ1v) is 6.84. The molecule has 1 heterocycles. The third kappa shape index (κ3) is 3.61. The van der Waals surface area contributed by atoms with Crippen LogP contribution in [0.15, 0.2) is 35.5 Å². The Morgan fingerprint density at radius 1 is 1.48 bits per heavy atom. The molecule has 110 valence electrons. The molecule has 0 bridgehead atoms. The van der Waals surface area contributed by atoms with E-state index in [0.29, 0.717) is 4.34 Å². The summed E-state index contributed by atoms with van der Waals surface area (Å²) in [4.78, 5) is 11.3. The summed E-state index contributed by atoms with van der Waals surface area (Å²) in [6.07, 6.45) is 0. The molecule has 0 aliphatic carbocycles. The second-order valence-electron chi connectivity index (χ2n) is 3.92. The molecule has 0 spiro atoms. The first kappa shape index (κ1) is 15.1. The zero-order valence-corrected chi connectivity index (χ0v) is 12.1. The maximum Gasteiger partial charge on any atom is 0.311 e. The summed E-state index contributed by atoms with van der Waals surface area (Å²) in [6, 6.07) is 7.57. The van der Waals surface area contributed by atoms with Crippen LogP contribution in [0.25, 0.3) is 0 Å². The lowest BCUT2D eigenvalue weighted by atomic mass is 10.1. The van der Waals surface area contributed by atoms with E-state index in [4.69, 9.17) is 27.3 Å². The van der Waals surface area contributed by atoms with E-state index in [1.807, 2.05) is 0 Å². The highest BCUT2D eigenvalue weighted by atomic mass is 35.5. The molecule has 0 unspecified atom stereocenters. The molecule has 0 amide bonds. The van der Waals surface area contributed by atoms with Crippen molar-refractivity contribution in [3.05, 3.63) is 55.2 Å². The Hall–Kier alpha value is -2.32. The Labute approximate surface area is 128 Å². The van der Waals surface area contributed by atoms with Gasteiger partial charge < -0.3 is 15.7 Å². The van der Waals surface area contributed by atoms with Crippen LogP contribution in [0.1, 0.15) is 10.4 Å². The number of hydrogen-bond donors (Lipinski definition) is 2. The van der Waals surface area contributed by atoms with E-state index in [1.54, 1.807) is 12.1 Å². The van der Waals surface area contributed by atoms with Crippen molar-refractivity contribution in [1.82, 2.24) is 0 Å². The zero-order chi connectivity index (χ0) is 15.4. The lowest BCUT2D eigenvalue weighted by molar-refractivity contribution is -0.385. The van der Waals surface area contributed by atoms with Crippen LogP contribution < -0.4 is 10.5 Å². The van der Waals surface area contributed by atoms with Crippen molar-refractivity contribution in [2.45, 2.75) is 6.61 Å². The summed E-state index contributed by atoms with van der Waals surface area (Å²) in [5.74, 6) is -0.117. The number of rotatable bonds is 5. The van der Waals surface area contributed by atoms with Gasteiger partial charge >= 0.3 is 5.69 Å². The normalized spacial score (nSPS) is 11.4. The van der Waals surface area contributed by atoms with Gasteiger partial charge in [-0.05, 0) is 24.3 Å². The standard InChI is InChI=1S/C12H10ClN3O4S/c13-11-4-2-8(21-11)6-20-10-3-1-7(12(14)15-17)5-9(10)16(18)19/h1-5,17H,6H2,(H2,14,15). The second-order valence-corrected chi connectivity index (χ2v) is 5.72. The minimum atomic E-state index is -0.592. The minimum Gasteiger partial charge on any atom is -0.481 e. The zero-order valence-electron chi connectivity index (χ0n) is 10.5. The van der Waals surface area contributed by atoms with Crippen LogP contribution in [0.5, 0.6) is 5.75 Å². The van der Waals surface area contributed by atoms with Gasteiger partial charge in [0.1, 0.15) is 6.61 Å². The summed E-state index contributed by atoms with van der Waals surface area (Å²) in [7, 11) is 0. The molecule has 9 heteroatoms. The largest absolute Gasteiger partial charge is 0.481 e. The molecule has 2 aromatic rings. The van der Waals surface area contributed by atoms with E-state index >= 15 is 0 Å². The number of nitrogens with two attached hydrogens (primary N) is 1. The molecule has 0 atom stereocenters. The lowest BCUT2D eigenvalue weighted by Crippen LogP contribution is -2.13. The van der Waals surface area contributed by atoms with Gasteiger partial charge in [-0.3, -0.25) is 10.1 Å². The molecule has 1 aromatic carbocycles. The van der Waals surface area contributed by atoms with Crippen LogP contribution in [-0.2, 0) is 6.61 Å². The number of thiophene rings is 1. The van der Waals surface area contributed by atoms with Gasteiger partial charge in [-0.1, -0.05) is 16.8 Å². The van der Waals surface area contributed by atoms with Crippen LogP contribution >= 0.6 is 22.9 Å². The SMILES string of the molecule is NC(=NO)c1ccc(OCc2ccc(Cl)s2)c([N+](=O)[O-])c1. The lowest BCUT2D eigenvalue weighted by Gasteiger charge is -2.07. The average molecular weight is 328 g/mol. The smallest absolute Gasteiger partial charge is 0.311 e.